The smallest absolute Gasteiger partial charge is 0.138 e. The SMILES string of the molecule is N#CS/C(=C\Br)c1ccc(F)cc1. The molecule has 1 aromatic carbocycles. The van der Waals surface area contributed by atoms with Crippen molar-refractivity contribution in [3.05, 3.63) is 40.6 Å². The molecule has 0 saturated carbocycles. The highest BCUT2D eigenvalue weighted by molar-refractivity contribution is 9.11. The van der Waals surface area contributed by atoms with Crippen molar-refractivity contribution in [2.75, 3.05) is 0 Å². The van der Waals surface area contributed by atoms with E-state index in [1.54, 1.807) is 17.1 Å². The predicted octanol–water partition coefficient (Wildman–Crippen LogP) is 3.73. The largest absolute Gasteiger partial charge is 0.207 e. The van der Waals surface area contributed by atoms with Gasteiger partial charge in [-0.15, -0.1) is 0 Å². The highest BCUT2D eigenvalue weighted by Crippen LogP contribution is 2.27. The topological polar surface area (TPSA) is 23.8 Å². The molecule has 0 spiro atoms. The molecule has 0 aromatic heterocycles. The zero-order chi connectivity index (χ0) is 9.68. The number of halogens is 2. The van der Waals surface area contributed by atoms with Crippen LogP contribution < -0.4 is 0 Å². The van der Waals surface area contributed by atoms with E-state index in [2.05, 4.69) is 15.9 Å². The highest BCUT2D eigenvalue weighted by atomic mass is 79.9. The summed E-state index contributed by atoms with van der Waals surface area (Å²) in [5.74, 6) is -0.278. The molecule has 1 nitrogen and oxygen atoms in total. The number of benzene rings is 1. The van der Waals surface area contributed by atoms with E-state index in [-0.39, 0.29) is 5.82 Å². The van der Waals surface area contributed by atoms with Gasteiger partial charge in [0.05, 0.1) is 0 Å². The molecule has 4 heteroatoms. The second-order valence-corrected chi connectivity index (χ2v) is 3.46. The Bertz CT molecular complexity index is 353. The summed E-state index contributed by atoms with van der Waals surface area (Å²) in [5.41, 5.74) is 0.824. The molecular weight excluding hydrogens is 253 g/mol. The van der Waals surface area contributed by atoms with Crippen molar-refractivity contribution in [3.8, 4) is 5.40 Å². The Morgan fingerprint density at radius 1 is 1.46 bits per heavy atom. The predicted molar refractivity (Wildman–Crippen MR) is 56.5 cm³/mol. The fourth-order valence-corrected chi connectivity index (χ4v) is 1.75. The maximum atomic E-state index is 12.5. The van der Waals surface area contributed by atoms with Crippen LogP contribution in [0.15, 0.2) is 29.3 Å². The average molecular weight is 258 g/mol. The van der Waals surface area contributed by atoms with Crippen molar-refractivity contribution in [3.63, 3.8) is 0 Å². The molecule has 0 fully saturated rings. The van der Waals surface area contributed by atoms with Crippen molar-refractivity contribution in [1.82, 2.24) is 0 Å². The number of thiocyanates is 1. The fourth-order valence-electron chi connectivity index (χ4n) is 0.808. The summed E-state index contributed by atoms with van der Waals surface area (Å²) in [5, 5.41) is 10.4. The molecule has 0 aliphatic rings. The van der Waals surface area contributed by atoms with Crippen molar-refractivity contribution >= 4 is 32.6 Å². The van der Waals surface area contributed by atoms with E-state index in [1.807, 2.05) is 5.40 Å². The summed E-state index contributed by atoms with van der Waals surface area (Å²) in [6, 6.07) is 5.99. The molecule has 0 aliphatic carbocycles. The highest BCUT2D eigenvalue weighted by Gasteiger charge is 2.00. The maximum absolute atomic E-state index is 12.5. The van der Waals surface area contributed by atoms with E-state index in [1.165, 1.54) is 12.1 Å². The van der Waals surface area contributed by atoms with Crippen LogP contribution in [0, 0.1) is 16.5 Å². The molecule has 0 heterocycles. The standard InChI is InChI=1S/C9H5BrFNS/c10-5-9(13-6-12)7-1-3-8(11)4-2-7/h1-5H/b9-5-. The first kappa shape index (κ1) is 10.3. The van der Waals surface area contributed by atoms with Crippen molar-refractivity contribution in [2.24, 2.45) is 0 Å². The van der Waals surface area contributed by atoms with E-state index >= 15 is 0 Å². The second kappa shape index (κ2) is 5.05. The van der Waals surface area contributed by atoms with Crippen molar-refractivity contribution in [2.45, 2.75) is 0 Å². The molecular formula is C9H5BrFNS. The van der Waals surface area contributed by atoms with Crippen molar-refractivity contribution in [1.29, 1.82) is 5.26 Å². The van der Waals surface area contributed by atoms with Gasteiger partial charge in [0.25, 0.3) is 0 Å². The summed E-state index contributed by atoms with van der Waals surface area (Å²) >= 11 is 4.18. The van der Waals surface area contributed by atoms with Gasteiger partial charge >= 0.3 is 0 Å². The van der Waals surface area contributed by atoms with Crippen LogP contribution in [-0.2, 0) is 0 Å². The Hall–Kier alpha value is -0.790. The lowest BCUT2D eigenvalue weighted by atomic mass is 10.2. The number of nitriles is 1. The minimum absolute atomic E-state index is 0.278. The van der Waals surface area contributed by atoms with E-state index in [9.17, 15) is 4.39 Å². The van der Waals surface area contributed by atoms with Crippen LogP contribution in [0.25, 0.3) is 4.91 Å². The van der Waals surface area contributed by atoms with Gasteiger partial charge in [-0.1, -0.05) is 28.1 Å². The van der Waals surface area contributed by atoms with Crippen LogP contribution in [0.1, 0.15) is 5.56 Å². The summed E-state index contributed by atoms with van der Waals surface area (Å²) in [6.45, 7) is 0. The van der Waals surface area contributed by atoms with Gasteiger partial charge in [-0.25, -0.2) is 4.39 Å². The van der Waals surface area contributed by atoms with E-state index in [0.717, 1.165) is 22.2 Å². The molecule has 0 aliphatic heterocycles. The quantitative estimate of drug-likeness (QED) is 0.754. The molecule has 0 bridgehead atoms. The van der Waals surface area contributed by atoms with Gasteiger partial charge < -0.3 is 0 Å². The van der Waals surface area contributed by atoms with Crippen LogP contribution >= 0.6 is 27.7 Å². The first-order chi connectivity index (χ1) is 6.27. The van der Waals surface area contributed by atoms with Crippen LogP contribution in [0.4, 0.5) is 4.39 Å². The Morgan fingerprint density at radius 3 is 2.54 bits per heavy atom. The first-order valence-electron chi connectivity index (χ1n) is 3.40. The second-order valence-electron chi connectivity index (χ2n) is 2.17. The monoisotopic (exact) mass is 257 g/mol. The third-order valence-electron chi connectivity index (χ3n) is 1.38. The van der Waals surface area contributed by atoms with Gasteiger partial charge in [0.2, 0.25) is 0 Å². The normalized spacial score (nSPS) is 11.0. The molecule has 0 radical (unpaired) electrons. The Balaban J connectivity index is 2.95. The summed E-state index contributed by atoms with van der Waals surface area (Å²) in [4.78, 5) is 2.41. The summed E-state index contributed by atoms with van der Waals surface area (Å²) in [6.07, 6.45) is 0. The number of hydrogen-bond donors (Lipinski definition) is 0. The van der Waals surface area contributed by atoms with Crippen LogP contribution in [-0.4, -0.2) is 0 Å². The molecule has 13 heavy (non-hydrogen) atoms. The van der Waals surface area contributed by atoms with Crippen LogP contribution in [0.3, 0.4) is 0 Å². The summed E-state index contributed by atoms with van der Waals surface area (Å²) in [7, 11) is 0. The fraction of sp³-hybridized carbons (Fsp3) is 0. The molecule has 0 amide bonds. The maximum Gasteiger partial charge on any atom is 0.138 e. The van der Waals surface area contributed by atoms with Gasteiger partial charge in [0.1, 0.15) is 11.2 Å². The van der Waals surface area contributed by atoms with E-state index in [0.29, 0.717) is 0 Å². The Morgan fingerprint density at radius 2 is 2.08 bits per heavy atom. The zero-order valence-corrected chi connectivity index (χ0v) is 8.90. The molecule has 1 aromatic rings. The van der Waals surface area contributed by atoms with Gasteiger partial charge in [0.15, 0.2) is 0 Å². The molecule has 0 atom stereocenters. The molecule has 0 N–H and O–H groups in total. The average Bonchev–Trinajstić information content (AvgIpc) is 2.16. The Labute approximate surface area is 88.4 Å². The van der Waals surface area contributed by atoms with Gasteiger partial charge in [-0.2, -0.15) is 5.26 Å². The number of thioether (sulfide) groups is 1. The van der Waals surface area contributed by atoms with Gasteiger partial charge in [0, 0.05) is 4.91 Å². The Kier molecular flexibility index (Phi) is 4.00. The molecule has 0 saturated heterocycles. The number of hydrogen-bond acceptors (Lipinski definition) is 2. The molecule has 1 rings (SSSR count). The molecule has 0 unspecified atom stereocenters. The van der Waals surface area contributed by atoms with Crippen LogP contribution in [0.5, 0.6) is 0 Å². The summed E-state index contributed by atoms with van der Waals surface area (Å²) < 4.78 is 12.5. The van der Waals surface area contributed by atoms with Gasteiger partial charge in [-0.05, 0) is 34.4 Å². The zero-order valence-electron chi connectivity index (χ0n) is 6.50. The van der Waals surface area contributed by atoms with E-state index in [4.69, 9.17) is 5.26 Å². The van der Waals surface area contributed by atoms with Crippen molar-refractivity contribution < 1.29 is 4.39 Å². The number of nitrogens with zero attached hydrogens (tertiary/aromatic N) is 1. The third-order valence-corrected chi connectivity index (χ3v) is 2.81. The molecule has 66 valence electrons. The van der Waals surface area contributed by atoms with E-state index < -0.39 is 0 Å². The minimum atomic E-state index is -0.278. The number of rotatable bonds is 2. The lowest BCUT2D eigenvalue weighted by Gasteiger charge is -1.99. The lowest BCUT2D eigenvalue weighted by molar-refractivity contribution is 0.628. The lowest BCUT2D eigenvalue weighted by Crippen LogP contribution is -1.79. The minimum Gasteiger partial charge on any atom is -0.207 e. The third kappa shape index (κ3) is 2.87. The van der Waals surface area contributed by atoms with Gasteiger partial charge in [-0.3, -0.25) is 0 Å². The van der Waals surface area contributed by atoms with Crippen LogP contribution in [0.2, 0.25) is 0 Å². The first-order valence-corrected chi connectivity index (χ1v) is 5.13.